The number of hydrogen-bond acceptors (Lipinski definition) is 3. The fourth-order valence-corrected chi connectivity index (χ4v) is 2.45. The monoisotopic (exact) mass is 267 g/mol. The first kappa shape index (κ1) is 14.4. The molecule has 1 aromatic carbocycles. The molecule has 1 heterocycles. The smallest absolute Gasteiger partial charge is 0.129 e. The normalized spacial score (nSPS) is 22.7. The van der Waals surface area contributed by atoms with Gasteiger partial charge in [-0.2, -0.15) is 0 Å². The maximum atomic E-state index is 13.8. The molecule has 2 atom stereocenters. The Bertz CT molecular complexity index is 436. The third kappa shape index (κ3) is 3.32. The Morgan fingerprint density at radius 3 is 2.84 bits per heavy atom. The van der Waals surface area contributed by atoms with Crippen LogP contribution in [0.5, 0.6) is 0 Å². The zero-order chi connectivity index (χ0) is 14.0. The molecule has 0 bridgehead atoms. The topological polar surface area (TPSA) is 32.7 Å². The van der Waals surface area contributed by atoms with E-state index in [-0.39, 0.29) is 11.9 Å². The fraction of sp³-hybridized carbons (Fsp3) is 0.600. The summed E-state index contributed by atoms with van der Waals surface area (Å²) in [7, 11) is 0. The number of nitrogens with zero attached hydrogens (tertiary/aromatic N) is 1. The molecule has 1 fully saturated rings. The van der Waals surface area contributed by atoms with Crippen LogP contribution in [0.1, 0.15) is 31.1 Å². The molecule has 106 valence electrons. The highest BCUT2D eigenvalue weighted by Gasteiger charge is 2.30. The molecule has 1 aromatic rings. The second kappa shape index (κ2) is 5.99. The molecule has 1 N–H and O–H groups in total. The Hall–Kier alpha value is -0.970. The van der Waals surface area contributed by atoms with E-state index < -0.39 is 6.10 Å². The van der Waals surface area contributed by atoms with Gasteiger partial charge in [0, 0.05) is 24.7 Å². The maximum absolute atomic E-state index is 13.8. The number of rotatable bonds is 3. The van der Waals surface area contributed by atoms with Gasteiger partial charge in [-0.05, 0) is 26.8 Å². The van der Waals surface area contributed by atoms with Crippen molar-refractivity contribution in [3.63, 3.8) is 0 Å². The van der Waals surface area contributed by atoms with Crippen molar-refractivity contribution in [3.8, 4) is 0 Å². The van der Waals surface area contributed by atoms with Crippen LogP contribution in [0.25, 0.3) is 0 Å². The summed E-state index contributed by atoms with van der Waals surface area (Å²) in [5, 5.41) is 10.4. The molecule has 0 amide bonds. The van der Waals surface area contributed by atoms with Crippen LogP contribution in [0.3, 0.4) is 0 Å². The Morgan fingerprint density at radius 1 is 1.42 bits per heavy atom. The molecule has 1 aliphatic heterocycles. The molecule has 2 rings (SSSR count). The van der Waals surface area contributed by atoms with Crippen LogP contribution < -0.4 is 0 Å². The third-order valence-electron chi connectivity index (χ3n) is 3.68. The zero-order valence-electron chi connectivity index (χ0n) is 11.8. The van der Waals surface area contributed by atoms with Gasteiger partial charge in [-0.3, -0.25) is 4.90 Å². The lowest BCUT2D eigenvalue weighted by Crippen LogP contribution is -2.47. The largest absolute Gasteiger partial charge is 0.386 e. The van der Waals surface area contributed by atoms with Gasteiger partial charge in [0.15, 0.2) is 0 Å². The van der Waals surface area contributed by atoms with Crippen LogP contribution in [0.2, 0.25) is 0 Å². The van der Waals surface area contributed by atoms with Gasteiger partial charge in [0.05, 0.1) is 6.61 Å². The van der Waals surface area contributed by atoms with E-state index in [1.807, 2.05) is 6.92 Å². The summed E-state index contributed by atoms with van der Waals surface area (Å²) >= 11 is 0. The quantitative estimate of drug-likeness (QED) is 0.912. The van der Waals surface area contributed by atoms with E-state index in [0.717, 1.165) is 12.1 Å². The summed E-state index contributed by atoms with van der Waals surface area (Å²) < 4.78 is 19.4. The van der Waals surface area contributed by atoms with E-state index in [1.54, 1.807) is 12.1 Å². The number of morpholine rings is 1. The average molecular weight is 267 g/mol. The van der Waals surface area contributed by atoms with E-state index in [2.05, 4.69) is 18.7 Å². The minimum absolute atomic E-state index is 0.329. The first-order valence-corrected chi connectivity index (χ1v) is 6.79. The fourth-order valence-electron chi connectivity index (χ4n) is 2.45. The first-order valence-electron chi connectivity index (χ1n) is 6.79. The summed E-state index contributed by atoms with van der Waals surface area (Å²) in [6.07, 6.45) is -1.28. The maximum Gasteiger partial charge on any atom is 0.129 e. The van der Waals surface area contributed by atoms with Crippen molar-refractivity contribution in [2.45, 2.75) is 39.0 Å². The van der Waals surface area contributed by atoms with Crippen molar-refractivity contribution in [1.29, 1.82) is 0 Å². The van der Waals surface area contributed by atoms with Gasteiger partial charge >= 0.3 is 0 Å². The number of aliphatic hydroxyl groups excluding tert-OH is 1. The molecule has 0 spiro atoms. The van der Waals surface area contributed by atoms with E-state index in [1.165, 1.54) is 6.07 Å². The standard InChI is InChI=1S/C15H22FNO2/c1-10(2)17-6-7-19-14(9-17)15(18)12-8-11(3)4-5-13(12)16/h4-5,8,10,14-15,18H,6-7,9H2,1-3H3. The lowest BCUT2D eigenvalue weighted by molar-refractivity contribution is -0.0969. The third-order valence-corrected chi connectivity index (χ3v) is 3.68. The van der Waals surface area contributed by atoms with Crippen LogP contribution in [0.15, 0.2) is 18.2 Å². The Morgan fingerprint density at radius 2 is 2.16 bits per heavy atom. The van der Waals surface area contributed by atoms with E-state index in [4.69, 9.17) is 4.74 Å². The number of halogens is 1. The summed E-state index contributed by atoms with van der Waals surface area (Å²) in [5.41, 5.74) is 1.27. The molecule has 0 aliphatic carbocycles. The number of benzene rings is 1. The highest BCUT2D eigenvalue weighted by atomic mass is 19.1. The summed E-state index contributed by atoms with van der Waals surface area (Å²) in [6, 6.07) is 5.20. The minimum atomic E-state index is -0.915. The van der Waals surface area contributed by atoms with Crippen LogP contribution in [-0.4, -0.2) is 41.8 Å². The van der Waals surface area contributed by atoms with Crippen molar-refractivity contribution in [1.82, 2.24) is 4.90 Å². The SMILES string of the molecule is Cc1ccc(F)c(C(O)C2CN(C(C)C)CCO2)c1. The highest BCUT2D eigenvalue weighted by molar-refractivity contribution is 5.26. The molecule has 1 aliphatic rings. The summed E-state index contributed by atoms with van der Waals surface area (Å²) in [4.78, 5) is 2.24. The van der Waals surface area contributed by atoms with Gasteiger partial charge in [0.2, 0.25) is 0 Å². The Labute approximate surface area is 114 Å². The minimum Gasteiger partial charge on any atom is -0.386 e. The lowest BCUT2D eigenvalue weighted by atomic mass is 10.00. The molecule has 2 unspecified atom stereocenters. The van der Waals surface area contributed by atoms with Crippen LogP contribution in [0, 0.1) is 12.7 Å². The average Bonchev–Trinajstić information content (AvgIpc) is 2.41. The van der Waals surface area contributed by atoms with Gasteiger partial charge in [-0.15, -0.1) is 0 Å². The zero-order valence-corrected chi connectivity index (χ0v) is 11.8. The molecule has 19 heavy (non-hydrogen) atoms. The Kier molecular flexibility index (Phi) is 4.55. The van der Waals surface area contributed by atoms with Crippen molar-refractivity contribution in [2.75, 3.05) is 19.7 Å². The van der Waals surface area contributed by atoms with Crippen LogP contribution in [0.4, 0.5) is 4.39 Å². The van der Waals surface area contributed by atoms with Gasteiger partial charge in [0.25, 0.3) is 0 Å². The van der Waals surface area contributed by atoms with Crippen LogP contribution >= 0.6 is 0 Å². The number of ether oxygens (including phenoxy) is 1. The number of aliphatic hydroxyl groups is 1. The molecule has 4 heteroatoms. The molecular formula is C15H22FNO2. The molecule has 1 saturated heterocycles. The second-order valence-electron chi connectivity index (χ2n) is 5.47. The predicted molar refractivity (Wildman–Crippen MR) is 72.5 cm³/mol. The second-order valence-corrected chi connectivity index (χ2v) is 5.47. The van der Waals surface area contributed by atoms with Crippen molar-refractivity contribution < 1.29 is 14.2 Å². The van der Waals surface area contributed by atoms with Crippen molar-refractivity contribution in [2.24, 2.45) is 0 Å². The van der Waals surface area contributed by atoms with E-state index in [0.29, 0.717) is 24.8 Å². The van der Waals surface area contributed by atoms with E-state index >= 15 is 0 Å². The van der Waals surface area contributed by atoms with Gasteiger partial charge < -0.3 is 9.84 Å². The van der Waals surface area contributed by atoms with E-state index in [9.17, 15) is 9.50 Å². The van der Waals surface area contributed by atoms with Crippen molar-refractivity contribution >= 4 is 0 Å². The number of hydrogen-bond donors (Lipinski definition) is 1. The van der Waals surface area contributed by atoms with Crippen molar-refractivity contribution in [3.05, 3.63) is 35.1 Å². The summed E-state index contributed by atoms with van der Waals surface area (Å²) in [6.45, 7) is 8.18. The molecule has 0 radical (unpaired) electrons. The molecule has 0 aromatic heterocycles. The lowest BCUT2D eigenvalue weighted by Gasteiger charge is -2.37. The van der Waals surface area contributed by atoms with Gasteiger partial charge in [0.1, 0.15) is 18.0 Å². The summed E-state index contributed by atoms with van der Waals surface area (Å²) in [5.74, 6) is -0.372. The highest BCUT2D eigenvalue weighted by Crippen LogP contribution is 2.26. The van der Waals surface area contributed by atoms with Gasteiger partial charge in [-0.25, -0.2) is 4.39 Å². The molecular weight excluding hydrogens is 245 g/mol. The Balaban J connectivity index is 2.14. The number of aryl methyl sites for hydroxylation is 1. The van der Waals surface area contributed by atoms with Crippen LogP contribution in [-0.2, 0) is 4.74 Å². The predicted octanol–water partition coefficient (Wildman–Crippen LogP) is 2.28. The molecule has 0 saturated carbocycles. The molecule has 3 nitrogen and oxygen atoms in total. The first-order chi connectivity index (χ1) is 8.99. The van der Waals surface area contributed by atoms with Gasteiger partial charge in [-0.1, -0.05) is 17.7 Å².